The number of aromatic nitrogens is 4. The number of hydrogen-bond donors (Lipinski definition) is 6. The number of carboxylic acids is 4. The molecular formula is C28H22N4O8. The van der Waals surface area contributed by atoms with Gasteiger partial charge in [-0.2, -0.15) is 0 Å². The summed E-state index contributed by atoms with van der Waals surface area (Å²) in [5.41, 5.74) is 3.67. The summed E-state index contributed by atoms with van der Waals surface area (Å²) in [7, 11) is 0. The maximum absolute atomic E-state index is 12.0. The fraction of sp³-hybridized carbons (Fsp3) is 0.143. The van der Waals surface area contributed by atoms with Crippen LogP contribution in [0.15, 0.2) is 30.3 Å². The highest BCUT2D eigenvalue weighted by atomic mass is 16.4. The van der Waals surface area contributed by atoms with Crippen LogP contribution in [-0.2, 0) is 38.4 Å². The molecule has 0 atom stereocenters. The van der Waals surface area contributed by atoms with Crippen molar-refractivity contribution in [2.45, 2.75) is 25.7 Å². The molecule has 0 spiro atoms. The van der Waals surface area contributed by atoms with Crippen LogP contribution in [0.4, 0.5) is 0 Å². The van der Waals surface area contributed by atoms with Gasteiger partial charge in [0.05, 0.1) is 48.5 Å². The minimum atomic E-state index is -1.27. The third-order valence-electron chi connectivity index (χ3n) is 6.34. The van der Waals surface area contributed by atoms with E-state index in [1.807, 2.05) is 6.07 Å². The normalized spacial score (nSPS) is 12.2. The van der Waals surface area contributed by atoms with Gasteiger partial charge in [-0.3, -0.25) is 19.2 Å². The molecule has 12 heteroatoms. The number of carbonyl (C=O) groups is 4. The Morgan fingerprint density at radius 1 is 0.625 bits per heavy atom. The fourth-order valence-electron chi connectivity index (χ4n) is 4.85. The summed E-state index contributed by atoms with van der Waals surface area (Å²) in [6.45, 7) is 0. The molecule has 0 unspecified atom stereocenters. The zero-order valence-electron chi connectivity index (χ0n) is 20.8. The first kappa shape index (κ1) is 26.1. The SMILES string of the molecule is O=C(O)CC1=Cc2cc3ccc(cc4nc(cc5[nH]c(c(CC(=O)O)c1n2)c(CC(=O)O)c5CC(=O)O)C=C4)[nH]3. The van der Waals surface area contributed by atoms with Crippen LogP contribution >= 0.6 is 0 Å². The molecule has 3 aromatic heterocycles. The highest BCUT2D eigenvalue weighted by Crippen LogP contribution is 2.33. The van der Waals surface area contributed by atoms with Crippen LogP contribution in [-0.4, -0.2) is 64.2 Å². The van der Waals surface area contributed by atoms with E-state index in [1.54, 1.807) is 36.4 Å². The number of aromatic amines is 2. The molecule has 0 aliphatic carbocycles. The summed E-state index contributed by atoms with van der Waals surface area (Å²) in [5.74, 6) is -4.93. The second kappa shape index (κ2) is 10.3. The number of aliphatic carboxylic acids is 4. The van der Waals surface area contributed by atoms with Crippen molar-refractivity contribution in [1.29, 1.82) is 0 Å². The molecule has 202 valence electrons. The highest BCUT2D eigenvalue weighted by Gasteiger charge is 2.25. The molecule has 2 aliphatic heterocycles. The van der Waals surface area contributed by atoms with Gasteiger partial charge < -0.3 is 30.4 Å². The summed E-state index contributed by atoms with van der Waals surface area (Å²) in [6, 6.07) is 8.65. The van der Waals surface area contributed by atoms with Crippen molar-refractivity contribution in [2.24, 2.45) is 0 Å². The van der Waals surface area contributed by atoms with Gasteiger partial charge >= 0.3 is 23.9 Å². The van der Waals surface area contributed by atoms with Crippen molar-refractivity contribution in [3.63, 3.8) is 0 Å². The molecule has 0 saturated heterocycles. The summed E-state index contributed by atoms with van der Waals surface area (Å²) < 4.78 is 0. The van der Waals surface area contributed by atoms with Gasteiger partial charge in [-0.05, 0) is 65.3 Å². The second-order valence-corrected chi connectivity index (χ2v) is 9.28. The van der Waals surface area contributed by atoms with Gasteiger partial charge in [-0.25, -0.2) is 9.97 Å². The molecule has 40 heavy (non-hydrogen) atoms. The third kappa shape index (κ3) is 5.50. The first-order chi connectivity index (χ1) is 19.0. The van der Waals surface area contributed by atoms with E-state index >= 15 is 0 Å². The third-order valence-corrected chi connectivity index (χ3v) is 6.34. The predicted molar refractivity (Wildman–Crippen MR) is 144 cm³/mol. The van der Waals surface area contributed by atoms with Crippen LogP contribution < -0.4 is 0 Å². The van der Waals surface area contributed by atoms with Gasteiger partial charge in [0.25, 0.3) is 0 Å². The van der Waals surface area contributed by atoms with Crippen molar-refractivity contribution in [3.05, 3.63) is 69.8 Å². The minimum absolute atomic E-state index is 0.0368. The van der Waals surface area contributed by atoms with E-state index in [9.17, 15) is 39.6 Å². The van der Waals surface area contributed by atoms with E-state index in [0.717, 1.165) is 5.52 Å². The Labute approximate surface area is 225 Å². The molecule has 12 nitrogen and oxygen atoms in total. The Balaban J connectivity index is 2.00. The van der Waals surface area contributed by atoms with Crippen LogP contribution in [0.2, 0.25) is 0 Å². The number of nitrogens with zero attached hydrogens (tertiary/aromatic N) is 2. The number of carboxylic acid groups (broad SMARTS) is 4. The predicted octanol–water partition coefficient (Wildman–Crippen LogP) is 3.38. The van der Waals surface area contributed by atoms with Gasteiger partial charge in [0, 0.05) is 27.6 Å². The Bertz CT molecular complexity index is 1830. The summed E-state index contributed by atoms with van der Waals surface area (Å²) in [4.78, 5) is 62.8. The number of nitrogens with one attached hydrogen (secondary N) is 2. The van der Waals surface area contributed by atoms with Gasteiger partial charge in [0.15, 0.2) is 0 Å². The topological polar surface area (TPSA) is 207 Å². The molecule has 6 N–H and O–H groups in total. The van der Waals surface area contributed by atoms with E-state index in [4.69, 9.17) is 0 Å². The maximum atomic E-state index is 12.0. The Hall–Kier alpha value is -5.52. The molecule has 2 aliphatic rings. The van der Waals surface area contributed by atoms with Crippen LogP contribution in [0.5, 0.6) is 0 Å². The van der Waals surface area contributed by atoms with Crippen LogP contribution in [0.25, 0.3) is 45.9 Å². The molecule has 5 rings (SSSR count). The molecule has 0 saturated carbocycles. The average molecular weight is 543 g/mol. The lowest BCUT2D eigenvalue weighted by Crippen LogP contribution is -2.09. The molecule has 0 amide bonds. The van der Waals surface area contributed by atoms with Crippen molar-refractivity contribution < 1.29 is 39.6 Å². The fourth-order valence-corrected chi connectivity index (χ4v) is 4.85. The largest absolute Gasteiger partial charge is 0.481 e. The van der Waals surface area contributed by atoms with E-state index in [2.05, 4.69) is 19.9 Å². The van der Waals surface area contributed by atoms with E-state index in [-0.39, 0.29) is 39.0 Å². The monoisotopic (exact) mass is 542 g/mol. The lowest BCUT2D eigenvalue weighted by molar-refractivity contribution is -0.137. The molecule has 0 radical (unpaired) electrons. The minimum Gasteiger partial charge on any atom is -0.481 e. The lowest BCUT2D eigenvalue weighted by Gasteiger charge is -2.07. The van der Waals surface area contributed by atoms with Crippen LogP contribution in [0.3, 0.4) is 0 Å². The molecule has 8 bridgehead atoms. The summed E-state index contributed by atoms with van der Waals surface area (Å²) in [5, 5.41) is 38.7. The van der Waals surface area contributed by atoms with E-state index in [0.29, 0.717) is 22.6 Å². The zero-order chi connectivity index (χ0) is 28.6. The zero-order valence-corrected chi connectivity index (χ0v) is 20.8. The van der Waals surface area contributed by atoms with Crippen molar-refractivity contribution >= 4 is 69.7 Å². The molecule has 0 aromatic carbocycles. The Morgan fingerprint density at radius 3 is 1.80 bits per heavy atom. The van der Waals surface area contributed by atoms with Crippen LogP contribution in [0.1, 0.15) is 45.9 Å². The lowest BCUT2D eigenvalue weighted by atomic mass is 9.97. The van der Waals surface area contributed by atoms with E-state index < -0.39 is 49.6 Å². The summed E-state index contributed by atoms with van der Waals surface area (Å²) in [6.07, 6.45) is 2.73. The number of rotatable bonds is 8. The number of hydrogen-bond acceptors (Lipinski definition) is 6. The summed E-state index contributed by atoms with van der Waals surface area (Å²) >= 11 is 0. The first-order valence-electron chi connectivity index (χ1n) is 12.1. The quantitative estimate of drug-likeness (QED) is 0.191. The van der Waals surface area contributed by atoms with Crippen LogP contribution in [0, 0.1) is 0 Å². The standard InChI is InChI=1S/C28H22N4O8/c33-23(34)6-13-5-18-8-16-2-1-14(29-16)7-15-3-4-17(30-15)9-22-19(10-24(35)36)20(11-25(37)38)28(32-22)21(12-26(39)40)27(13)31-18/h1-5,7-9,29,32H,6,10-12H2,(H,33,34)(H,35,36)(H,37,38)(H,39,40). The van der Waals surface area contributed by atoms with Gasteiger partial charge in [0.1, 0.15) is 0 Å². The molecule has 3 aromatic rings. The molecule has 5 heterocycles. The van der Waals surface area contributed by atoms with Crippen molar-refractivity contribution in [2.75, 3.05) is 0 Å². The van der Waals surface area contributed by atoms with E-state index in [1.165, 1.54) is 6.08 Å². The molecule has 0 fully saturated rings. The van der Waals surface area contributed by atoms with Gasteiger partial charge in [-0.1, -0.05) is 0 Å². The van der Waals surface area contributed by atoms with Gasteiger partial charge in [-0.15, -0.1) is 0 Å². The number of H-pyrrole nitrogens is 2. The smallest absolute Gasteiger partial charge is 0.307 e. The Morgan fingerprint density at radius 2 is 1.18 bits per heavy atom. The average Bonchev–Trinajstić information content (AvgIpc) is 3.62. The second-order valence-electron chi connectivity index (χ2n) is 9.28. The maximum Gasteiger partial charge on any atom is 0.307 e. The molecular weight excluding hydrogens is 520 g/mol. The Kier molecular flexibility index (Phi) is 6.74. The first-order valence-corrected chi connectivity index (χ1v) is 12.1. The van der Waals surface area contributed by atoms with Gasteiger partial charge in [0.2, 0.25) is 0 Å². The number of fused-ring (bicyclic) bond motifs is 8. The highest BCUT2D eigenvalue weighted by molar-refractivity contribution is 5.97. The van der Waals surface area contributed by atoms with Crippen molar-refractivity contribution in [1.82, 2.24) is 19.9 Å². The van der Waals surface area contributed by atoms with Crippen molar-refractivity contribution in [3.8, 4) is 0 Å².